The van der Waals surface area contributed by atoms with Gasteiger partial charge < -0.3 is 11.1 Å². The molecule has 2 aromatic carbocycles. The highest BCUT2D eigenvalue weighted by molar-refractivity contribution is 7.89. The molecule has 0 aromatic heterocycles. The van der Waals surface area contributed by atoms with E-state index in [0.717, 1.165) is 17.7 Å². The van der Waals surface area contributed by atoms with Crippen molar-refractivity contribution in [3.63, 3.8) is 0 Å². The summed E-state index contributed by atoms with van der Waals surface area (Å²) in [7, 11) is -3.58. The van der Waals surface area contributed by atoms with Crippen LogP contribution in [-0.4, -0.2) is 14.3 Å². The van der Waals surface area contributed by atoms with E-state index in [4.69, 9.17) is 10.9 Å². The van der Waals surface area contributed by atoms with Gasteiger partial charge in [0.05, 0.1) is 4.90 Å². The SMILES string of the molecule is C=C1C(=O)Nc2cccc(CC)c21.Nc1ccc(S(N)(=O)=O)cc1. The maximum atomic E-state index is 11.3. The Morgan fingerprint density at radius 3 is 2.29 bits per heavy atom. The second-order valence-corrected chi connectivity index (χ2v) is 6.80. The first-order chi connectivity index (χ1) is 11.2. The number of benzene rings is 2. The summed E-state index contributed by atoms with van der Waals surface area (Å²) in [5.74, 6) is -0.0732. The molecule has 0 fully saturated rings. The average Bonchev–Trinajstić information content (AvgIpc) is 2.82. The van der Waals surface area contributed by atoms with Crippen LogP contribution < -0.4 is 16.2 Å². The molecular formula is C17H19N3O3S. The number of nitrogen functional groups attached to an aromatic ring is 1. The van der Waals surface area contributed by atoms with Crippen molar-refractivity contribution in [2.45, 2.75) is 18.2 Å². The van der Waals surface area contributed by atoms with E-state index in [-0.39, 0.29) is 10.8 Å². The molecule has 0 bridgehead atoms. The van der Waals surface area contributed by atoms with Crippen molar-refractivity contribution >= 4 is 32.9 Å². The van der Waals surface area contributed by atoms with Gasteiger partial charge in [0, 0.05) is 22.5 Å². The zero-order chi connectivity index (χ0) is 17.9. The summed E-state index contributed by atoms with van der Waals surface area (Å²) in [5, 5.41) is 7.62. The van der Waals surface area contributed by atoms with Crippen LogP contribution in [0.1, 0.15) is 18.1 Å². The predicted molar refractivity (Wildman–Crippen MR) is 95.7 cm³/mol. The largest absolute Gasteiger partial charge is 0.399 e. The normalized spacial score (nSPS) is 12.9. The number of hydrogen-bond donors (Lipinski definition) is 3. The Morgan fingerprint density at radius 2 is 1.75 bits per heavy atom. The highest BCUT2D eigenvalue weighted by Crippen LogP contribution is 2.33. The van der Waals surface area contributed by atoms with Crippen LogP contribution in [-0.2, 0) is 21.2 Å². The van der Waals surface area contributed by atoms with Crippen molar-refractivity contribution < 1.29 is 13.2 Å². The Labute approximate surface area is 141 Å². The first kappa shape index (κ1) is 17.7. The number of carbonyl (C=O) groups is 1. The van der Waals surface area contributed by atoms with Gasteiger partial charge in [0.25, 0.3) is 5.91 Å². The monoisotopic (exact) mass is 345 g/mol. The molecule has 24 heavy (non-hydrogen) atoms. The van der Waals surface area contributed by atoms with Crippen molar-refractivity contribution in [3.05, 3.63) is 60.2 Å². The number of fused-ring (bicyclic) bond motifs is 1. The van der Waals surface area contributed by atoms with Gasteiger partial charge >= 0.3 is 0 Å². The van der Waals surface area contributed by atoms with Crippen LogP contribution in [0.5, 0.6) is 0 Å². The molecule has 0 radical (unpaired) electrons. The number of primary sulfonamides is 1. The summed E-state index contributed by atoms with van der Waals surface area (Å²) in [6.45, 7) is 5.85. The summed E-state index contributed by atoms with van der Waals surface area (Å²) >= 11 is 0. The highest BCUT2D eigenvalue weighted by atomic mass is 32.2. The Morgan fingerprint density at radius 1 is 1.12 bits per heavy atom. The van der Waals surface area contributed by atoms with Crippen molar-refractivity contribution in [3.8, 4) is 0 Å². The first-order valence-electron chi connectivity index (χ1n) is 7.25. The fourth-order valence-electron chi connectivity index (χ4n) is 2.32. The highest BCUT2D eigenvalue weighted by Gasteiger charge is 2.23. The van der Waals surface area contributed by atoms with Crippen LogP contribution in [0.25, 0.3) is 5.57 Å². The van der Waals surface area contributed by atoms with Gasteiger partial charge in [-0.1, -0.05) is 25.6 Å². The lowest BCUT2D eigenvalue weighted by atomic mass is 10.00. The molecule has 1 heterocycles. The van der Waals surface area contributed by atoms with E-state index in [2.05, 4.69) is 18.8 Å². The Balaban J connectivity index is 0.000000177. The number of amides is 1. The average molecular weight is 345 g/mol. The van der Waals surface area contributed by atoms with Gasteiger partial charge in [0.2, 0.25) is 10.0 Å². The Hall–Kier alpha value is -2.64. The molecule has 0 atom stereocenters. The summed E-state index contributed by atoms with van der Waals surface area (Å²) < 4.78 is 21.4. The van der Waals surface area contributed by atoms with E-state index in [0.29, 0.717) is 11.3 Å². The Bertz CT molecular complexity index is 888. The van der Waals surface area contributed by atoms with E-state index < -0.39 is 10.0 Å². The molecule has 0 spiro atoms. The first-order valence-corrected chi connectivity index (χ1v) is 8.79. The van der Waals surface area contributed by atoms with Gasteiger partial charge in [-0.3, -0.25) is 4.79 Å². The number of hydrogen-bond acceptors (Lipinski definition) is 4. The molecule has 2 aromatic rings. The lowest BCUT2D eigenvalue weighted by Crippen LogP contribution is -2.11. The number of nitrogens with one attached hydrogen (secondary N) is 1. The van der Waals surface area contributed by atoms with Crippen molar-refractivity contribution in [1.82, 2.24) is 0 Å². The number of sulfonamides is 1. The fraction of sp³-hybridized carbons (Fsp3) is 0.118. The maximum absolute atomic E-state index is 11.3. The molecule has 7 heteroatoms. The van der Waals surface area contributed by atoms with Gasteiger partial charge in [0.15, 0.2) is 0 Å². The van der Waals surface area contributed by atoms with Crippen LogP contribution in [0.4, 0.5) is 11.4 Å². The standard InChI is InChI=1S/C11H11NO.C6H8N2O2S/c1-3-8-5-4-6-9-10(8)7(2)11(13)12-9;7-5-1-3-6(4-2-5)11(8,9)10/h4-6H,2-3H2,1H3,(H,12,13);1-4H,7H2,(H2,8,9,10). The summed E-state index contributed by atoms with van der Waals surface area (Å²) in [4.78, 5) is 11.4. The molecule has 0 saturated heterocycles. The van der Waals surface area contributed by atoms with Gasteiger partial charge in [-0.25, -0.2) is 13.6 Å². The van der Waals surface area contributed by atoms with Crippen LogP contribution in [0.15, 0.2) is 53.9 Å². The quantitative estimate of drug-likeness (QED) is 0.571. The summed E-state index contributed by atoms with van der Waals surface area (Å²) in [5.41, 5.74) is 9.51. The van der Waals surface area contributed by atoms with Crippen LogP contribution in [0.2, 0.25) is 0 Å². The van der Waals surface area contributed by atoms with E-state index in [1.165, 1.54) is 29.8 Å². The van der Waals surface area contributed by atoms with Gasteiger partial charge in [-0.2, -0.15) is 0 Å². The minimum Gasteiger partial charge on any atom is -0.399 e. The third kappa shape index (κ3) is 3.81. The van der Waals surface area contributed by atoms with E-state index >= 15 is 0 Å². The molecule has 1 aliphatic heterocycles. The summed E-state index contributed by atoms with van der Waals surface area (Å²) in [6.07, 6.45) is 0.928. The number of aryl methyl sites for hydroxylation is 1. The van der Waals surface area contributed by atoms with Crippen molar-refractivity contribution in [2.24, 2.45) is 5.14 Å². The van der Waals surface area contributed by atoms with Crippen LogP contribution in [0.3, 0.4) is 0 Å². The number of carbonyl (C=O) groups excluding carboxylic acids is 1. The van der Waals surface area contributed by atoms with E-state index in [1.807, 2.05) is 18.2 Å². The third-order valence-electron chi connectivity index (χ3n) is 3.56. The maximum Gasteiger partial charge on any atom is 0.255 e. The van der Waals surface area contributed by atoms with E-state index in [9.17, 15) is 13.2 Å². The third-order valence-corrected chi connectivity index (χ3v) is 4.49. The smallest absolute Gasteiger partial charge is 0.255 e. The van der Waals surface area contributed by atoms with Crippen LogP contribution in [0, 0.1) is 0 Å². The topological polar surface area (TPSA) is 115 Å². The number of rotatable bonds is 2. The molecule has 6 nitrogen and oxygen atoms in total. The van der Waals surface area contributed by atoms with Gasteiger partial charge in [0.1, 0.15) is 0 Å². The number of anilines is 2. The van der Waals surface area contributed by atoms with E-state index in [1.54, 1.807) is 0 Å². The molecule has 0 saturated carbocycles. The minimum atomic E-state index is -3.58. The zero-order valence-corrected chi connectivity index (χ0v) is 14.1. The molecule has 3 rings (SSSR count). The van der Waals surface area contributed by atoms with Crippen LogP contribution >= 0.6 is 0 Å². The molecule has 0 unspecified atom stereocenters. The molecule has 5 N–H and O–H groups in total. The molecule has 1 aliphatic rings. The second-order valence-electron chi connectivity index (χ2n) is 5.24. The number of nitrogens with two attached hydrogens (primary N) is 2. The Kier molecular flexibility index (Phi) is 5.06. The summed E-state index contributed by atoms with van der Waals surface area (Å²) in [6, 6.07) is 11.6. The van der Waals surface area contributed by atoms with Crippen molar-refractivity contribution in [2.75, 3.05) is 11.1 Å². The van der Waals surface area contributed by atoms with Gasteiger partial charge in [-0.15, -0.1) is 0 Å². The fourth-order valence-corrected chi connectivity index (χ4v) is 2.84. The predicted octanol–water partition coefficient (Wildman–Crippen LogP) is 2.13. The molecular weight excluding hydrogens is 326 g/mol. The molecule has 1 amide bonds. The minimum absolute atomic E-state index is 0.0732. The van der Waals surface area contributed by atoms with Crippen molar-refractivity contribution in [1.29, 1.82) is 0 Å². The molecule has 0 aliphatic carbocycles. The molecule has 126 valence electrons. The zero-order valence-electron chi connectivity index (χ0n) is 13.2. The van der Waals surface area contributed by atoms with Gasteiger partial charge in [-0.05, 0) is 42.3 Å². The second kappa shape index (κ2) is 6.86. The lowest BCUT2D eigenvalue weighted by Gasteiger charge is -2.03. The lowest BCUT2D eigenvalue weighted by molar-refractivity contribution is -0.110.